The van der Waals surface area contributed by atoms with Crippen LogP contribution in [-0.4, -0.2) is 34.6 Å². The maximum absolute atomic E-state index is 13.8. The number of aryl methyl sites for hydroxylation is 4. The van der Waals surface area contributed by atoms with Crippen LogP contribution < -0.4 is 5.32 Å². The topological polar surface area (TPSA) is 62.2 Å². The van der Waals surface area contributed by atoms with Gasteiger partial charge in [-0.3, -0.25) is 4.98 Å². The monoisotopic (exact) mass is 400 g/mol. The van der Waals surface area contributed by atoms with E-state index in [0.29, 0.717) is 12.3 Å². The minimum Gasteiger partial charge on any atom is -0.507 e. The van der Waals surface area contributed by atoms with Gasteiger partial charge in [0.1, 0.15) is 5.75 Å². The average molecular weight is 401 g/mol. The summed E-state index contributed by atoms with van der Waals surface area (Å²) in [6, 6.07) is 8.17. The molecule has 2 heterocycles. The normalized spacial score (nSPS) is 17.3. The lowest BCUT2D eigenvalue weighted by Gasteiger charge is -2.32. The number of phenols is 1. The van der Waals surface area contributed by atoms with Crippen molar-refractivity contribution in [1.82, 2.24) is 4.98 Å². The second kappa shape index (κ2) is 8.69. The van der Waals surface area contributed by atoms with E-state index >= 15 is 0 Å². The van der Waals surface area contributed by atoms with Gasteiger partial charge in [-0.25, -0.2) is 0 Å². The highest BCUT2D eigenvalue weighted by molar-refractivity contribution is 7.64. The molecule has 1 saturated heterocycles. The summed E-state index contributed by atoms with van der Waals surface area (Å²) in [5, 5.41) is 13.6. The number of anilines is 1. The molecular weight excluding hydrogens is 367 g/mol. The maximum atomic E-state index is 13.8. The molecule has 0 amide bonds. The van der Waals surface area contributed by atoms with E-state index in [1.165, 1.54) is 12.0 Å². The molecule has 0 bridgehead atoms. The first-order valence-electron chi connectivity index (χ1n) is 10.3. The van der Waals surface area contributed by atoms with Crippen LogP contribution in [0.3, 0.4) is 0 Å². The molecule has 0 aliphatic carbocycles. The molecule has 1 atom stereocenters. The third kappa shape index (κ3) is 4.78. The van der Waals surface area contributed by atoms with Gasteiger partial charge in [0.25, 0.3) is 0 Å². The molecule has 3 rings (SSSR count). The Balaban J connectivity index is 1.84. The Labute approximate surface area is 169 Å². The van der Waals surface area contributed by atoms with Crippen LogP contribution in [0.2, 0.25) is 0 Å². The molecule has 1 unspecified atom stereocenters. The average Bonchev–Trinajstić information content (AvgIpc) is 2.64. The third-order valence-corrected chi connectivity index (χ3v) is 9.86. The first kappa shape index (κ1) is 20.9. The van der Waals surface area contributed by atoms with Crippen LogP contribution in [0.25, 0.3) is 0 Å². The van der Waals surface area contributed by atoms with Crippen molar-refractivity contribution in [2.24, 2.45) is 0 Å². The van der Waals surface area contributed by atoms with Crippen LogP contribution in [0.5, 0.6) is 5.75 Å². The molecule has 0 spiro atoms. The summed E-state index contributed by atoms with van der Waals surface area (Å²) in [6.07, 6.45) is 5.85. The van der Waals surface area contributed by atoms with Crippen LogP contribution in [0.15, 0.2) is 24.3 Å². The zero-order valence-electron chi connectivity index (χ0n) is 17.6. The number of phenolic OH excluding ortho intramolecular Hbond substituents is 1. The van der Waals surface area contributed by atoms with Gasteiger partial charge in [0, 0.05) is 30.2 Å². The van der Waals surface area contributed by atoms with Crippen molar-refractivity contribution in [2.45, 2.75) is 59.0 Å². The Bertz CT molecular complexity index is 861. The van der Waals surface area contributed by atoms with E-state index in [1.807, 2.05) is 45.9 Å². The quantitative estimate of drug-likeness (QED) is 0.621. The van der Waals surface area contributed by atoms with E-state index in [1.54, 1.807) is 0 Å². The largest absolute Gasteiger partial charge is 0.507 e. The molecule has 1 aliphatic rings. The molecular formula is C23H33N2O2P. The van der Waals surface area contributed by atoms with Crippen molar-refractivity contribution in [3.05, 3.63) is 52.3 Å². The Morgan fingerprint density at radius 3 is 2.32 bits per heavy atom. The van der Waals surface area contributed by atoms with Crippen molar-refractivity contribution in [1.29, 1.82) is 0 Å². The number of aromatic hydroxyl groups is 1. The number of nitrogens with zero attached hydrogens (tertiary/aromatic N) is 1. The summed E-state index contributed by atoms with van der Waals surface area (Å²) in [4.78, 5) is 4.54. The van der Waals surface area contributed by atoms with E-state index in [4.69, 9.17) is 0 Å². The van der Waals surface area contributed by atoms with Gasteiger partial charge in [0.2, 0.25) is 0 Å². The van der Waals surface area contributed by atoms with Crippen molar-refractivity contribution >= 4 is 12.8 Å². The van der Waals surface area contributed by atoms with E-state index in [9.17, 15) is 9.67 Å². The fourth-order valence-corrected chi connectivity index (χ4v) is 7.79. The zero-order chi connectivity index (χ0) is 20.3. The van der Waals surface area contributed by atoms with Gasteiger partial charge in [0.15, 0.2) is 0 Å². The fourth-order valence-electron chi connectivity index (χ4n) is 4.35. The van der Waals surface area contributed by atoms with Crippen molar-refractivity contribution < 1.29 is 9.67 Å². The minimum atomic E-state index is -2.24. The molecule has 152 valence electrons. The highest BCUT2D eigenvalue weighted by atomic mass is 31.2. The molecule has 4 nitrogen and oxygen atoms in total. The number of nitrogens with one attached hydrogen (secondary N) is 1. The predicted molar refractivity (Wildman–Crippen MR) is 118 cm³/mol. The van der Waals surface area contributed by atoms with E-state index < -0.39 is 7.14 Å². The highest BCUT2D eigenvalue weighted by Crippen LogP contribution is 2.55. The lowest BCUT2D eigenvalue weighted by molar-refractivity contribution is 0.466. The van der Waals surface area contributed by atoms with Gasteiger partial charge in [-0.1, -0.05) is 18.6 Å². The summed E-state index contributed by atoms with van der Waals surface area (Å²) in [7, 11) is -2.24. The molecule has 2 N–H and O–H groups in total. The van der Waals surface area contributed by atoms with Gasteiger partial charge in [0.05, 0.1) is 18.5 Å². The second-order valence-electron chi connectivity index (χ2n) is 8.36. The predicted octanol–water partition coefficient (Wildman–Crippen LogP) is 5.59. The van der Waals surface area contributed by atoms with Crippen molar-refractivity contribution in [3.63, 3.8) is 0 Å². The van der Waals surface area contributed by atoms with E-state index in [2.05, 4.69) is 16.4 Å². The maximum Gasteiger partial charge on any atom is 0.121 e. The van der Waals surface area contributed by atoms with Crippen LogP contribution in [0.1, 0.15) is 47.3 Å². The Morgan fingerprint density at radius 2 is 1.71 bits per heavy atom. The standard InChI is InChI=1S/C23H33N2O2P/c1-16-12-20(13-17(2)23(16)26)14-21(28(27)10-6-5-7-11-28)15-24-22-9-8-18(3)25-19(22)4/h8-9,12-13,21,24,26H,5-7,10-11,14-15H2,1-4H3. The lowest BCUT2D eigenvalue weighted by atomic mass is 10.0. The molecule has 0 radical (unpaired) electrons. The summed E-state index contributed by atoms with van der Waals surface area (Å²) < 4.78 is 13.8. The molecule has 1 aromatic heterocycles. The molecule has 28 heavy (non-hydrogen) atoms. The van der Waals surface area contributed by atoms with Crippen LogP contribution >= 0.6 is 7.14 Å². The number of rotatable bonds is 6. The van der Waals surface area contributed by atoms with Crippen molar-refractivity contribution in [2.75, 3.05) is 24.2 Å². The number of hydrogen-bond donors (Lipinski definition) is 2. The Hall–Kier alpha value is -1.80. The number of benzene rings is 1. The molecule has 2 aromatic rings. The van der Waals surface area contributed by atoms with Crippen LogP contribution in [0.4, 0.5) is 5.69 Å². The second-order valence-corrected chi connectivity index (χ2v) is 11.9. The molecule has 1 fully saturated rings. The first-order chi connectivity index (χ1) is 13.3. The van der Waals surface area contributed by atoms with E-state index in [-0.39, 0.29) is 5.66 Å². The van der Waals surface area contributed by atoms with Gasteiger partial charge in [-0.05, 0) is 75.8 Å². The molecule has 1 aromatic carbocycles. The van der Waals surface area contributed by atoms with Gasteiger partial charge < -0.3 is 15.0 Å². The Kier molecular flexibility index (Phi) is 6.50. The smallest absolute Gasteiger partial charge is 0.121 e. The number of aromatic nitrogens is 1. The van der Waals surface area contributed by atoms with Gasteiger partial charge >= 0.3 is 0 Å². The number of hydrogen-bond acceptors (Lipinski definition) is 4. The van der Waals surface area contributed by atoms with Gasteiger partial charge in [-0.2, -0.15) is 0 Å². The minimum absolute atomic E-state index is 0.108. The summed E-state index contributed by atoms with van der Waals surface area (Å²) in [5.41, 5.74) is 6.07. The first-order valence-corrected chi connectivity index (χ1v) is 12.5. The summed E-state index contributed by atoms with van der Waals surface area (Å²) in [6.45, 7) is 8.57. The summed E-state index contributed by atoms with van der Waals surface area (Å²) >= 11 is 0. The zero-order valence-corrected chi connectivity index (χ0v) is 18.5. The van der Waals surface area contributed by atoms with Crippen LogP contribution in [0, 0.1) is 27.7 Å². The molecule has 5 heteroatoms. The summed E-state index contributed by atoms with van der Waals surface area (Å²) in [5.74, 6) is 0.365. The Morgan fingerprint density at radius 1 is 1.07 bits per heavy atom. The SMILES string of the molecule is Cc1ccc(NCC(Cc2cc(C)c(O)c(C)c2)P2(=O)CCCCC2)c(C)n1. The fraction of sp³-hybridized carbons (Fsp3) is 0.522. The highest BCUT2D eigenvalue weighted by Gasteiger charge is 2.34. The molecule has 0 saturated carbocycles. The van der Waals surface area contributed by atoms with Crippen LogP contribution in [-0.2, 0) is 11.0 Å². The van der Waals surface area contributed by atoms with Gasteiger partial charge in [-0.15, -0.1) is 0 Å². The van der Waals surface area contributed by atoms with Crippen molar-refractivity contribution in [3.8, 4) is 5.75 Å². The molecule has 1 aliphatic heterocycles. The lowest BCUT2D eigenvalue weighted by Crippen LogP contribution is -2.27. The number of pyridine rings is 1. The third-order valence-electron chi connectivity index (χ3n) is 6.01. The van der Waals surface area contributed by atoms with E-state index in [0.717, 1.165) is 59.8 Å².